The van der Waals surface area contributed by atoms with Gasteiger partial charge in [-0.25, -0.2) is 14.2 Å². The molecule has 1 aromatic heterocycles. The smallest absolute Gasteiger partial charge is 0.321 e. The van der Waals surface area contributed by atoms with Gasteiger partial charge < -0.3 is 15.2 Å². The van der Waals surface area contributed by atoms with Crippen LogP contribution >= 0.6 is 0 Å². The predicted octanol–water partition coefficient (Wildman–Crippen LogP) is 4.73. The number of imidazole rings is 1. The maximum absolute atomic E-state index is 13.0. The first kappa shape index (κ1) is 17.5. The van der Waals surface area contributed by atoms with Gasteiger partial charge in [0, 0.05) is 24.7 Å². The molecule has 27 heavy (non-hydrogen) atoms. The fourth-order valence-electron chi connectivity index (χ4n) is 3.60. The minimum absolute atomic E-state index is 0.158. The van der Waals surface area contributed by atoms with Crippen LogP contribution < -0.4 is 5.32 Å². The van der Waals surface area contributed by atoms with Gasteiger partial charge in [0.2, 0.25) is 0 Å². The Kier molecular flexibility index (Phi) is 4.56. The van der Waals surface area contributed by atoms with Crippen LogP contribution in [0.1, 0.15) is 35.7 Å². The normalized spacial score (nSPS) is 17.3. The van der Waals surface area contributed by atoms with Crippen LogP contribution in [-0.4, -0.2) is 34.0 Å². The number of anilines is 1. The van der Waals surface area contributed by atoms with E-state index in [1.807, 2.05) is 0 Å². The van der Waals surface area contributed by atoms with E-state index in [9.17, 15) is 9.18 Å². The number of aromatic amines is 1. The molecule has 2 heterocycles. The minimum Gasteiger partial charge on any atom is -0.342 e. The van der Waals surface area contributed by atoms with Gasteiger partial charge in [0.1, 0.15) is 11.6 Å². The van der Waals surface area contributed by atoms with Crippen molar-refractivity contribution in [2.45, 2.75) is 32.6 Å². The Morgan fingerprint density at radius 3 is 2.74 bits per heavy atom. The average molecular weight is 366 g/mol. The summed E-state index contributed by atoms with van der Waals surface area (Å²) in [5.41, 5.74) is 5.08. The van der Waals surface area contributed by atoms with Crippen LogP contribution in [0.2, 0.25) is 0 Å². The van der Waals surface area contributed by atoms with Crippen LogP contribution in [0.4, 0.5) is 14.9 Å². The Balaban J connectivity index is 1.49. The van der Waals surface area contributed by atoms with E-state index in [2.05, 4.69) is 36.3 Å². The van der Waals surface area contributed by atoms with Crippen molar-refractivity contribution in [3.05, 3.63) is 59.2 Å². The number of halogens is 1. The number of nitrogens with one attached hydrogen (secondary N) is 2. The first-order chi connectivity index (χ1) is 13.0. The number of aromatic nitrogens is 2. The summed E-state index contributed by atoms with van der Waals surface area (Å²) in [5.74, 6) is 0.807. The first-order valence-electron chi connectivity index (χ1n) is 9.28. The summed E-state index contributed by atoms with van der Waals surface area (Å²) >= 11 is 0. The largest absolute Gasteiger partial charge is 0.342 e. The van der Waals surface area contributed by atoms with Crippen LogP contribution in [-0.2, 0) is 0 Å². The van der Waals surface area contributed by atoms with E-state index < -0.39 is 0 Å². The highest BCUT2D eigenvalue weighted by molar-refractivity contribution is 5.89. The molecule has 6 heteroatoms. The molecule has 5 nitrogen and oxygen atoms in total. The molecule has 0 aliphatic carbocycles. The lowest BCUT2D eigenvalue weighted by atomic mass is 9.97. The van der Waals surface area contributed by atoms with Crippen LogP contribution in [0.25, 0.3) is 11.0 Å². The third-order valence-corrected chi connectivity index (χ3v) is 5.31. The van der Waals surface area contributed by atoms with Gasteiger partial charge in [0.15, 0.2) is 0 Å². The second-order valence-corrected chi connectivity index (χ2v) is 7.30. The molecule has 1 unspecified atom stereocenters. The zero-order valence-electron chi connectivity index (χ0n) is 15.6. The molecule has 140 valence electrons. The van der Waals surface area contributed by atoms with Crippen molar-refractivity contribution in [3.8, 4) is 0 Å². The van der Waals surface area contributed by atoms with E-state index in [0.29, 0.717) is 18.8 Å². The van der Waals surface area contributed by atoms with E-state index in [1.54, 1.807) is 17.0 Å². The lowest BCUT2D eigenvalue weighted by Gasteiger charge is -2.31. The molecule has 1 aliphatic rings. The number of hydrogen-bond donors (Lipinski definition) is 2. The number of carbonyl (C=O) groups excluding carboxylic acids is 1. The summed E-state index contributed by atoms with van der Waals surface area (Å²) in [7, 11) is 0. The maximum Gasteiger partial charge on any atom is 0.321 e. The van der Waals surface area contributed by atoms with Gasteiger partial charge >= 0.3 is 6.03 Å². The predicted molar refractivity (Wildman–Crippen MR) is 105 cm³/mol. The molecule has 2 amide bonds. The molecule has 1 saturated heterocycles. The number of urea groups is 1. The Hall–Kier alpha value is -2.89. The number of fused-ring (bicyclic) bond motifs is 1. The molecule has 2 N–H and O–H groups in total. The molecule has 0 saturated carbocycles. The van der Waals surface area contributed by atoms with Crippen molar-refractivity contribution < 1.29 is 9.18 Å². The van der Waals surface area contributed by atoms with Gasteiger partial charge in [-0.05, 0) is 74.2 Å². The van der Waals surface area contributed by atoms with Crippen molar-refractivity contribution in [1.29, 1.82) is 0 Å². The summed E-state index contributed by atoms with van der Waals surface area (Å²) in [6.45, 7) is 5.51. The second-order valence-electron chi connectivity index (χ2n) is 7.30. The van der Waals surface area contributed by atoms with Crippen molar-refractivity contribution in [1.82, 2.24) is 14.9 Å². The molecule has 4 rings (SSSR count). The number of hydrogen-bond acceptors (Lipinski definition) is 2. The van der Waals surface area contributed by atoms with E-state index in [4.69, 9.17) is 4.98 Å². The van der Waals surface area contributed by atoms with Gasteiger partial charge in [-0.15, -0.1) is 0 Å². The second kappa shape index (κ2) is 7.02. The lowest BCUT2D eigenvalue weighted by molar-refractivity contribution is 0.191. The first-order valence-corrected chi connectivity index (χ1v) is 9.28. The van der Waals surface area contributed by atoms with Crippen molar-refractivity contribution in [3.63, 3.8) is 0 Å². The van der Waals surface area contributed by atoms with Crippen LogP contribution in [0.5, 0.6) is 0 Å². The molecule has 0 spiro atoms. The number of amides is 2. The standard InChI is InChI=1S/C21H23FN4O/c1-13-10-18-19(11-14(13)2)25-20(24-18)15-4-3-9-26(12-15)21(27)23-17-7-5-16(22)6-8-17/h5-8,10-11,15H,3-4,9,12H2,1-2H3,(H,23,27)(H,24,25). The molecule has 2 aromatic carbocycles. The molecule has 0 radical (unpaired) electrons. The number of carbonyl (C=O) groups is 1. The zero-order chi connectivity index (χ0) is 19.0. The Morgan fingerprint density at radius 2 is 1.96 bits per heavy atom. The van der Waals surface area contributed by atoms with E-state index in [-0.39, 0.29) is 17.8 Å². The van der Waals surface area contributed by atoms with E-state index in [1.165, 1.54) is 23.3 Å². The number of piperidine rings is 1. The van der Waals surface area contributed by atoms with Crippen molar-refractivity contribution in [2.75, 3.05) is 18.4 Å². The monoisotopic (exact) mass is 366 g/mol. The van der Waals surface area contributed by atoms with Gasteiger partial charge in [-0.2, -0.15) is 0 Å². The van der Waals surface area contributed by atoms with Gasteiger partial charge in [-0.3, -0.25) is 0 Å². The fraction of sp³-hybridized carbons (Fsp3) is 0.333. The van der Waals surface area contributed by atoms with Crippen LogP contribution in [0.15, 0.2) is 36.4 Å². The third kappa shape index (κ3) is 3.65. The zero-order valence-corrected chi connectivity index (χ0v) is 15.6. The molecule has 3 aromatic rings. The highest BCUT2D eigenvalue weighted by atomic mass is 19.1. The Bertz CT molecular complexity index is 941. The SMILES string of the molecule is Cc1cc2nc(C3CCCN(C(=O)Nc4ccc(F)cc4)C3)[nH]c2cc1C. The highest BCUT2D eigenvalue weighted by Crippen LogP contribution is 2.28. The maximum atomic E-state index is 13.0. The summed E-state index contributed by atoms with van der Waals surface area (Å²) in [6.07, 6.45) is 1.93. The van der Waals surface area contributed by atoms with E-state index in [0.717, 1.165) is 29.7 Å². The van der Waals surface area contributed by atoms with Crippen molar-refractivity contribution in [2.24, 2.45) is 0 Å². The van der Waals surface area contributed by atoms with Crippen LogP contribution in [0, 0.1) is 19.7 Å². The number of nitrogens with zero attached hydrogens (tertiary/aromatic N) is 2. The van der Waals surface area contributed by atoms with E-state index >= 15 is 0 Å². The number of likely N-dealkylation sites (tertiary alicyclic amines) is 1. The Labute approximate surface area is 157 Å². The highest BCUT2D eigenvalue weighted by Gasteiger charge is 2.27. The molecule has 1 atom stereocenters. The molecule has 1 fully saturated rings. The third-order valence-electron chi connectivity index (χ3n) is 5.31. The number of aryl methyl sites for hydroxylation is 2. The van der Waals surface area contributed by atoms with Gasteiger partial charge in [0.05, 0.1) is 11.0 Å². The topological polar surface area (TPSA) is 61.0 Å². The number of rotatable bonds is 2. The molecule has 0 bridgehead atoms. The number of H-pyrrole nitrogens is 1. The summed E-state index contributed by atoms with van der Waals surface area (Å²) < 4.78 is 13.0. The van der Waals surface area contributed by atoms with Gasteiger partial charge in [-0.1, -0.05) is 0 Å². The fourth-order valence-corrected chi connectivity index (χ4v) is 3.60. The minimum atomic E-state index is -0.318. The average Bonchev–Trinajstić information content (AvgIpc) is 3.07. The molecule has 1 aliphatic heterocycles. The quantitative estimate of drug-likeness (QED) is 0.689. The lowest BCUT2D eigenvalue weighted by Crippen LogP contribution is -2.41. The molecular weight excluding hydrogens is 343 g/mol. The summed E-state index contributed by atoms with van der Waals surface area (Å²) in [5, 5.41) is 2.84. The van der Waals surface area contributed by atoms with Crippen LogP contribution in [0.3, 0.4) is 0 Å². The molecular formula is C21H23FN4O. The van der Waals surface area contributed by atoms with Crippen molar-refractivity contribution >= 4 is 22.8 Å². The Morgan fingerprint density at radius 1 is 1.22 bits per heavy atom. The number of benzene rings is 2. The van der Waals surface area contributed by atoms with Gasteiger partial charge in [0.25, 0.3) is 0 Å². The summed E-state index contributed by atoms with van der Waals surface area (Å²) in [4.78, 5) is 22.6. The summed E-state index contributed by atoms with van der Waals surface area (Å²) in [6, 6.07) is 9.89.